The molecule has 0 amide bonds. The highest BCUT2D eigenvalue weighted by Gasteiger charge is 2.17. The molecule has 1 atom stereocenters. The van der Waals surface area contributed by atoms with Crippen LogP contribution in [0, 0.1) is 0 Å². The Morgan fingerprint density at radius 3 is 3.00 bits per heavy atom. The molecule has 1 aliphatic heterocycles. The van der Waals surface area contributed by atoms with E-state index in [9.17, 15) is 0 Å². The van der Waals surface area contributed by atoms with Crippen molar-refractivity contribution in [1.29, 1.82) is 0 Å². The quantitative estimate of drug-likeness (QED) is 0.779. The summed E-state index contributed by atoms with van der Waals surface area (Å²) in [5.74, 6) is 0.794. The SMILES string of the molecule is COCCNCc1cnc(N2CCCOC(C)C2)nc1. The first-order valence-corrected chi connectivity index (χ1v) is 7.16. The molecule has 1 aliphatic rings. The van der Waals surface area contributed by atoms with E-state index >= 15 is 0 Å². The lowest BCUT2D eigenvalue weighted by Gasteiger charge is -2.21. The molecule has 6 heteroatoms. The van der Waals surface area contributed by atoms with Gasteiger partial charge in [-0.05, 0) is 13.3 Å². The predicted octanol–water partition coefficient (Wildman–Crippen LogP) is 0.828. The van der Waals surface area contributed by atoms with E-state index in [1.807, 2.05) is 12.4 Å². The molecule has 1 unspecified atom stereocenters. The first-order valence-electron chi connectivity index (χ1n) is 7.16. The number of methoxy groups -OCH3 is 1. The molecule has 1 aromatic heterocycles. The van der Waals surface area contributed by atoms with E-state index < -0.39 is 0 Å². The summed E-state index contributed by atoms with van der Waals surface area (Å²) < 4.78 is 10.6. The summed E-state index contributed by atoms with van der Waals surface area (Å²) in [4.78, 5) is 11.1. The molecule has 0 saturated carbocycles. The lowest BCUT2D eigenvalue weighted by atomic mass is 10.3. The standard InChI is InChI=1S/C14H24N4O2/c1-12-11-18(5-3-6-20-12)14-16-9-13(10-17-14)8-15-4-7-19-2/h9-10,12,15H,3-8,11H2,1-2H3. The monoisotopic (exact) mass is 280 g/mol. The minimum atomic E-state index is 0.233. The van der Waals surface area contributed by atoms with Crippen molar-refractivity contribution >= 4 is 5.95 Å². The van der Waals surface area contributed by atoms with Gasteiger partial charge in [0.15, 0.2) is 0 Å². The number of ether oxygens (including phenoxy) is 2. The second-order valence-corrected chi connectivity index (χ2v) is 5.04. The van der Waals surface area contributed by atoms with Gasteiger partial charge in [-0.25, -0.2) is 9.97 Å². The van der Waals surface area contributed by atoms with Crippen molar-refractivity contribution < 1.29 is 9.47 Å². The second-order valence-electron chi connectivity index (χ2n) is 5.04. The number of aromatic nitrogens is 2. The van der Waals surface area contributed by atoms with Crippen molar-refractivity contribution in [3.8, 4) is 0 Å². The van der Waals surface area contributed by atoms with Crippen LogP contribution in [-0.4, -0.2) is 56.0 Å². The largest absolute Gasteiger partial charge is 0.383 e. The average molecular weight is 280 g/mol. The van der Waals surface area contributed by atoms with Gasteiger partial charge in [-0.3, -0.25) is 0 Å². The number of nitrogens with one attached hydrogen (secondary N) is 1. The Kier molecular flexibility index (Phi) is 6.17. The molecule has 0 radical (unpaired) electrons. The number of rotatable bonds is 6. The molecular weight excluding hydrogens is 256 g/mol. The van der Waals surface area contributed by atoms with Crippen LogP contribution >= 0.6 is 0 Å². The summed E-state index contributed by atoms with van der Waals surface area (Å²) in [6.45, 7) is 7.03. The van der Waals surface area contributed by atoms with Gasteiger partial charge in [0.25, 0.3) is 0 Å². The zero-order valence-corrected chi connectivity index (χ0v) is 12.3. The van der Waals surface area contributed by atoms with E-state index in [0.717, 1.165) is 50.7 Å². The molecule has 2 rings (SSSR count). The molecule has 0 spiro atoms. The Hall–Kier alpha value is -1.24. The molecule has 0 aliphatic carbocycles. The minimum absolute atomic E-state index is 0.233. The smallest absolute Gasteiger partial charge is 0.225 e. The number of hydrogen-bond acceptors (Lipinski definition) is 6. The van der Waals surface area contributed by atoms with Crippen molar-refractivity contribution in [2.24, 2.45) is 0 Å². The van der Waals surface area contributed by atoms with Gasteiger partial charge in [0.2, 0.25) is 5.95 Å². The Morgan fingerprint density at radius 2 is 2.25 bits per heavy atom. The first-order chi connectivity index (χ1) is 9.79. The summed E-state index contributed by atoms with van der Waals surface area (Å²) in [6.07, 6.45) is 5.03. The highest BCUT2D eigenvalue weighted by Crippen LogP contribution is 2.12. The van der Waals surface area contributed by atoms with Crippen LogP contribution in [0.3, 0.4) is 0 Å². The van der Waals surface area contributed by atoms with Gasteiger partial charge in [-0.15, -0.1) is 0 Å². The van der Waals surface area contributed by atoms with Crippen LogP contribution < -0.4 is 10.2 Å². The molecule has 1 fully saturated rings. The molecule has 1 N–H and O–H groups in total. The maximum absolute atomic E-state index is 5.64. The first kappa shape index (κ1) is 15.2. The number of hydrogen-bond donors (Lipinski definition) is 1. The molecule has 6 nitrogen and oxygen atoms in total. The maximum Gasteiger partial charge on any atom is 0.225 e. The lowest BCUT2D eigenvalue weighted by molar-refractivity contribution is 0.0820. The van der Waals surface area contributed by atoms with Crippen molar-refractivity contribution in [2.75, 3.05) is 44.9 Å². The van der Waals surface area contributed by atoms with Crippen LogP contribution in [0.2, 0.25) is 0 Å². The van der Waals surface area contributed by atoms with Crippen LogP contribution in [-0.2, 0) is 16.0 Å². The van der Waals surface area contributed by atoms with E-state index in [-0.39, 0.29) is 6.10 Å². The van der Waals surface area contributed by atoms with Gasteiger partial charge in [0.1, 0.15) is 0 Å². The van der Waals surface area contributed by atoms with E-state index in [2.05, 4.69) is 27.1 Å². The Bertz CT molecular complexity index is 385. The average Bonchev–Trinajstić information content (AvgIpc) is 2.69. The van der Waals surface area contributed by atoms with Gasteiger partial charge >= 0.3 is 0 Å². The predicted molar refractivity (Wildman–Crippen MR) is 77.9 cm³/mol. The fraction of sp³-hybridized carbons (Fsp3) is 0.714. The van der Waals surface area contributed by atoms with Crippen molar-refractivity contribution in [3.05, 3.63) is 18.0 Å². The fourth-order valence-electron chi connectivity index (χ4n) is 2.19. The molecule has 1 saturated heterocycles. The Morgan fingerprint density at radius 1 is 1.45 bits per heavy atom. The molecule has 112 valence electrons. The van der Waals surface area contributed by atoms with Gasteiger partial charge < -0.3 is 19.7 Å². The summed E-state index contributed by atoms with van der Waals surface area (Å²) in [5, 5.41) is 3.28. The highest BCUT2D eigenvalue weighted by atomic mass is 16.5. The molecule has 20 heavy (non-hydrogen) atoms. The van der Waals surface area contributed by atoms with Crippen molar-refractivity contribution in [2.45, 2.75) is 26.0 Å². The molecule has 0 bridgehead atoms. The van der Waals surface area contributed by atoms with Crippen LogP contribution in [0.15, 0.2) is 12.4 Å². The summed E-state index contributed by atoms with van der Waals surface area (Å²) in [6, 6.07) is 0. The van der Waals surface area contributed by atoms with Crippen LogP contribution in [0.1, 0.15) is 18.9 Å². The zero-order valence-electron chi connectivity index (χ0n) is 12.3. The van der Waals surface area contributed by atoms with Gasteiger partial charge in [-0.1, -0.05) is 0 Å². The summed E-state index contributed by atoms with van der Waals surface area (Å²) in [5.41, 5.74) is 1.09. The van der Waals surface area contributed by atoms with Crippen molar-refractivity contribution in [1.82, 2.24) is 15.3 Å². The Balaban J connectivity index is 1.86. The zero-order chi connectivity index (χ0) is 14.2. The molecule has 0 aromatic carbocycles. The third-order valence-electron chi connectivity index (χ3n) is 3.24. The number of anilines is 1. The third-order valence-corrected chi connectivity index (χ3v) is 3.24. The van der Waals surface area contributed by atoms with E-state index in [1.165, 1.54) is 0 Å². The minimum Gasteiger partial charge on any atom is -0.383 e. The lowest BCUT2D eigenvalue weighted by Crippen LogP contribution is -2.31. The van der Waals surface area contributed by atoms with Gasteiger partial charge in [-0.2, -0.15) is 0 Å². The highest BCUT2D eigenvalue weighted by molar-refractivity contribution is 5.30. The third kappa shape index (κ3) is 4.70. The maximum atomic E-state index is 5.64. The second kappa shape index (κ2) is 8.14. The van der Waals surface area contributed by atoms with E-state index in [0.29, 0.717) is 6.61 Å². The fourth-order valence-corrected chi connectivity index (χ4v) is 2.19. The van der Waals surface area contributed by atoms with E-state index in [4.69, 9.17) is 9.47 Å². The molecule has 2 heterocycles. The summed E-state index contributed by atoms with van der Waals surface area (Å²) >= 11 is 0. The summed E-state index contributed by atoms with van der Waals surface area (Å²) in [7, 11) is 1.70. The van der Waals surface area contributed by atoms with Crippen molar-refractivity contribution in [3.63, 3.8) is 0 Å². The van der Waals surface area contributed by atoms with Crippen LogP contribution in [0.5, 0.6) is 0 Å². The Labute approximate surface area is 120 Å². The molecule has 1 aromatic rings. The normalized spacial score (nSPS) is 19.9. The van der Waals surface area contributed by atoms with Crippen LogP contribution in [0.25, 0.3) is 0 Å². The van der Waals surface area contributed by atoms with E-state index in [1.54, 1.807) is 7.11 Å². The van der Waals surface area contributed by atoms with Gasteiger partial charge in [0.05, 0.1) is 12.7 Å². The van der Waals surface area contributed by atoms with Crippen LogP contribution in [0.4, 0.5) is 5.95 Å². The number of nitrogens with zero attached hydrogens (tertiary/aromatic N) is 3. The molecular formula is C14H24N4O2. The topological polar surface area (TPSA) is 59.5 Å². The van der Waals surface area contributed by atoms with Gasteiger partial charge in [0, 0.05) is 57.9 Å².